The Labute approximate surface area is 117 Å². The number of Topliss-reactive ketones (excluding diaryl/α,β-unsaturated/α-hetero) is 1. The second kappa shape index (κ2) is 5.97. The van der Waals surface area contributed by atoms with Gasteiger partial charge in [-0.05, 0) is 19.4 Å². The molecule has 2 aromatic rings. The van der Waals surface area contributed by atoms with Gasteiger partial charge < -0.3 is 4.90 Å². The summed E-state index contributed by atoms with van der Waals surface area (Å²) in [5.41, 5.74) is 2.08. The van der Waals surface area contributed by atoms with E-state index in [-0.39, 0.29) is 5.78 Å². The van der Waals surface area contributed by atoms with E-state index in [9.17, 15) is 4.79 Å². The first-order chi connectivity index (χ1) is 9.11. The fourth-order valence-electron chi connectivity index (χ4n) is 1.96. The molecule has 0 aliphatic rings. The van der Waals surface area contributed by atoms with Crippen molar-refractivity contribution in [2.75, 3.05) is 11.4 Å². The maximum atomic E-state index is 11.5. The molecule has 19 heavy (non-hydrogen) atoms. The van der Waals surface area contributed by atoms with Crippen LogP contribution >= 0.6 is 11.3 Å². The van der Waals surface area contributed by atoms with Crippen molar-refractivity contribution in [1.29, 1.82) is 0 Å². The third kappa shape index (κ3) is 3.20. The number of hydrogen-bond acceptors (Lipinski definition) is 4. The molecule has 0 aliphatic carbocycles. The number of carbonyl (C=O) groups is 1. The number of benzene rings is 1. The van der Waals surface area contributed by atoms with Crippen LogP contribution in [0.5, 0.6) is 0 Å². The predicted molar refractivity (Wildman–Crippen MR) is 80.0 cm³/mol. The lowest BCUT2D eigenvalue weighted by Crippen LogP contribution is -2.21. The molecule has 1 heterocycles. The van der Waals surface area contributed by atoms with Crippen molar-refractivity contribution in [3.8, 4) is 0 Å². The van der Waals surface area contributed by atoms with Gasteiger partial charge in [0.1, 0.15) is 0 Å². The van der Waals surface area contributed by atoms with Crippen LogP contribution in [0.2, 0.25) is 0 Å². The topological polar surface area (TPSA) is 33.2 Å². The standard InChI is InChI=1S/C15H18N2OS/c1-4-17(10-13-8-6-5-7-9-13)15-16-11(2)14(19-15)12(3)18/h5-9H,4,10H2,1-3H3. The van der Waals surface area contributed by atoms with E-state index in [1.807, 2.05) is 25.1 Å². The molecule has 0 bridgehead atoms. The van der Waals surface area contributed by atoms with Crippen LogP contribution < -0.4 is 4.90 Å². The summed E-state index contributed by atoms with van der Waals surface area (Å²) in [7, 11) is 0. The van der Waals surface area contributed by atoms with Crippen LogP contribution in [0, 0.1) is 6.92 Å². The molecule has 1 aromatic heterocycles. The maximum absolute atomic E-state index is 11.5. The Hall–Kier alpha value is -1.68. The summed E-state index contributed by atoms with van der Waals surface area (Å²) in [5.74, 6) is 0.0945. The molecule has 0 aliphatic heterocycles. The van der Waals surface area contributed by atoms with Gasteiger partial charge in [0.15, 0.2) is 10.9 Å². The molecule has 4 heteroatoms. The second-order valence-corrected chi connectivity index (χ2v) is 5.44. The Morgan fingerprint density at radius 2 is 2.00 bits per heavy atom. The van der Waals surface area contributed by atoms with Crippen molar-refractivity contribution in [2.24, 2.45) is 0 Å². The van der Waals surface area contributed by atoms with Gasteiger partial charge in [-0.1, -0.05) is 41.7 Å². The van der Waals surface area contributed by atoms with Gasteiger partial charge >= 0.3 is 0 Å². The molecule has 100 valence electrons. The molecule has 3 nitrogen and oxygen atoms in total. The van der Waals surface area contributed by atoms with E-state index in [4.69, 9.17) is 0 Å². The molecule has 0 N–H and O–H groups in total. The lowest BCUT2D eigenvalue weighted by Gasteiger charge is -2.19. The lowest BCUT2D eigenvalue weighted by molar-refractivity contribution is 0.102. The number of anilines is 1. The van der Waals surface area contributed by atoms with Crippen molar-refractivity contribution in [2.45, 2.75) is 27.3 Å². The number of nitrogens with zero attached hydrogens (tertiary/aromatic N) is 2. The van der Waals surface area contributed by atoms with Crippen molar-refractivity contribution in [3.63, 3.8) is 0 Å². The van der Waals surface area contributed by atoms with E-state index >= 15 is 0 Å². The van der Waals surface area contributed by atoms with Gasteiger partial charge in [-0.15, -0.1) is 0 Å². The smallest absolute Gasteiger partial charge is 0.186 e. The Morgan fingerprint density at radius 3 is 2.53 bits per heavy atom. The Kier molecular flexibility index (Phi) is 4.32. The number of carbonyl (C=O) groups excluding carboxylic acids is 1. The monoisotopic (exact) mass is 274 g/mol. The van der Waals surface area contributed by atoms with Crippen LogP contribution in [0.1, 0.15) is 34.8 Å². The zero-order valence-corrected chi connectivity index (χ0v) is 12.3. The van der Waals surface area contributed by atoms with Crippen LogP contribution in [0.25, 0.3) is 0 Å². The predicted octanol–water partition coefficient (Wildman–Crippen LogP) is 3.68. The van der Waals surface area contributed by atoms with Gasteiger partial charge in [-0.3, -0.25) is 4.79 Å². The summed E-state index contributed by atoms with van der Waals surface area (Å²) >= 11 is 1.48. The number of rotatable bonds is 5. The fraction of sp³-hybridized carbons (Fsp3) is 0.333. The molecule has 0 spiro atoms. The first kappa shape index (κ1) is 13.7. The third-order valence-electron chi connectivity index (χ3n) is 2.97. The quantitative estimate of drug-likeness (QED) is 0.780. The summed E-state index contributed by atoms with van der Waals surface area (Å²) in [4.78, 5) is 19.0. The first-order valence-corrected chi connectivity index (χ1v) is 7.20. The van der Waals surface area contributed by atoms with E-state index in [2.05, 4.69) is 28.9 Å². The maximum Gasteiger partial charge on any atom is 0.186 e. The van der Waals surface area contributed by atoms with Gasteiger partial charge in [0, 0.05) is 20.0 Å². The van der Waals surface area contributed by atoms with Crippen LogP contribution in [0.15, 0.2) is 30.3 Å². The average molecular weight is 274 g/mol. The minimum absolute atomic E-state index is 0.0945. The number of ketones is 1. The van der Waals surface area contributed by atoms with E-state index in [0.717, 1.165) is 28.8 Å². The normalized spacial score (nSPS) is 10.5. The molecule has 0 saturated carbocycles. The Morgan fingerprint density at radius 1 is 1.32 bits per heavy atom. The van der Waals surface area contributed by atoms with Crippen molar-refractivity contribution in [3.05, 3.63) is 46.5 Å². The third-order valence-corrected chi connectivity index (χ3v) is 4.29. The highest BCUT2D eigenvalue weighted by Crippen LogP contribution is 2.27. The minimum atomic E-state index is 0.0945. The van der Waals surface area contributed by atoms with Crippen molar-refractivity contribution >= 4 is 22.3 Å². The molecule has 0 fully saturated rings. The van der Waals surface area contributed by atoms with E-state index in [1.54, 1.807) is 6.92 Å². The molecule has 0 atom stereocenters. The van der Waals surface area contributed by atoms with Crippen LogP contribution in [0.4, 0.5) is 5.13 Å². The molecular weight excluding hydrogens is 256 g/mol. The molecule has 1 aromatic carbocycles. The van der Waals surface area contributed by atoms with Gasteiger partial charge in [0.2, 0.25) is 0 Å². The van der Waals surface area contributed by atoms with E-state index < -0.39 is 0 Å². The summed E-state index contributed by atoms with van der Waals surface area (Å²) in [6.45, 7) is 7.29. The molecule has 0 amide bonds. The largest absolute Gasteiger partial charge is 0.344 e. The average Bonchev–Trinajstić information content (AvgIpc) is 2.79. The SMILES string of the molecule is CCN(Cc1ccccc1)c1nc(C)c(C(C)=O)s1. The number of aryl methyl sites for hydroxylation is 1. The lowest BCUT2D eigenvalue weighted by atomic mass is 10.2. The van der Waals surface area contributed by atoms with Gasteiger partial charge in [-0.2, -0.15) is 0 Å². The first-order valence-electron chi connectivity index (χ1n) is 6.39. The van der Waals surface area contributed by atoms with Crippen LogP contribution in [-0.4, -0.2) is 17.3 Å². The fourth-order valence-corrected chi connectivity index (χ4v) is 2.99. The highest BCUT2D eigenvalue weighted by molar-refractivity contribution is 7.17. The van der Waals surface area contributed by atoms with Crippen LogP contribution in [0.3, 0.4) is 0 Å². The Balaban J connectivity index is 2.22. The van der Waals surface area contributed by atoms with Gasteiger partial charge in [0.25, 0.3) is 0 Å². The molecule has 0 radical (unpaired) electrons. The van der Waals surface area contributed by atoms with Crippen molar-refractivity contribution < 1.29 is 4.79 Å². The molecule has 0 saturated heterocycles. The van der Waals surface area contributed by atoms with Crippen LogP contribution in [-0.2, 0) is 6.54 Å². The van der Waals surface area contributed by atoms with Crippen molar-refractivity contribution in [1.82, 2.24) is 4.98 Å². The number of hydrogen-bond donors (Lipinski definition) is 0. The van der Waals surface area contributed by atoms with Gasteiger partial charge in [-0.25, -0.2) is 4.98 Å². The summed E-state index contributed by atoms with van der Waals surface area (Å²) in [6.07, 6.45) is 0. The number of aromatic nitrogens is 1. The summed E-state index contributed by atoms with van der Waals surface area (Å²) < 4.78 is 0. The molecular formula is C15H18N2OS. The zero-order chi connectivity index (χ0) is 13.8. The van der Waals surface area contributed by atoms with Gasteiger partial charge in [0.05, 0.1) is 10.6 Å². The highest BCUT2D eigenvalue weighted by atomic mass is 32.1. The summed E-state index contributed by atoms with van der Waals surface area (Å²) in [5, 5.41) is 0.925. The summed E-state index contributed by atoms with van der Waals surface area (Å²) in [6, 6.07) is 10.3. The minimum Gasteiger partial charge on any atom is -0.344 e. The Bertz CT molecular complexity index is 563. The molecule has 0 unspecified atom stereocenters. The highest BCUT2D eigenvalue weighted by Gasteiger charge is 2.15. The zero-order valence-electron chi connectivity index (χ0n) is 11.5. The second-order valence-electron chi connectivity index (χ2n) is 4.47. The van der Waals surface area contributed by atoms with E-state index in [1.165, 1.54) is 16.9 Å². The number of thiazole rings is 1. The van der Waals surface area contributed by atoms with E-state index in [0.29, 0.717) is 0 Å². The molecule has 2 rings (SSSR count).